The zero-order valence-electron chi connectivity index (χ0n) is 14.6. The highest BCUT2D eigenvalue weighted by atomic mass is 16.5. The lowest BCUT2D eigenvalue weighted by Crippen LogP contribution is -2.24. The van der Waals surface area contributed by atoms with Gasteiger partial charge in [-0.2, -0.15) is 0 Å². The Morgan fingerprint density at radius 1 is 1.08 bits per heavy atom. The number of hydrogen-bond donors (Lipinski definition) is 0. The van der Waals surface area contributed by atoms with Gasteiger partial charge in [0.05, 0.1) is 12.2 Å². The molecule has 3 nitrogen and oxygen atoms in total. The Hall–Kier alpha value is -3.25. The molecule has 0 spiro atoms. The minimum atomic E-state index is -0.517. The van der Waals surface area contributed by atoms with Crippen LogP contribution in [0.25, 0.3) is 0 Å². The van der Waals surface area contributed by atoms with Gasteiger partial charge in [-0.1, -0.05) is 61.0 Å². The number of hydrogen-bond acceptors (Lipinski definition) is 3. The Morgan fingerprint density at radius 2 is 1.73 bits per heavy atom. The molecular weight excluding hydrogens is 324 g/mol. The summed E-state index contributed by atoms with van der Waals surface area (Å²) in [4.78, 5) is 12.1. The second-order valence-electron chi connectivity index (χ2n) is 5.87. The summed E-state index contributed by atoms with van der Waals surface area (Å²) < 4.78 is 11.1. The molecule has 2 atom stereocenters. The first kappa shape index (κ1) is 17.6. The molecule has 2 aromatic carbocycles. The number of ether oxygens (including phenoxy) is 2. The Bertz CT molecular complexity index is 870. The fourth-order valence-electron chi connectivity index (χ4n) is 2.80. The quantitative estimate of drug-likeness (QED) is 0.473. The van der Waals surface area contributed by atoms with Crippen LogP contribution in [0.3, 0.4) is 0 Å². The fraction of sp³-hybridized carbons (Fsp3) is 0.174. The topological polar surface area (TPSA) is 35.5 Å². The average molecular weight is 344 g/mol. The second-order valence-corrected chi connectivity index (χ2v) is 5.87. The van der Waals surface area contributed by atoms with Crippen LogP contribution in [0, 0.1) is 11.8 Å². The van der Waals surface area contributed by atoms with Gasteiger partial charge >= 0.3 is 5.97 Å². The van der Waals surface area contributed by atoms with E-state index >= 15 is 0 Å². The highest BCUT2D eigenvalue weighted by molar-refractivity contribution is 5.89. The van der Waals surface area contributed by atoms with Crippen molar-refractivity contribution in [3.8, 4) is 11.8 Å². The van der Waals surface area contributed by atoms with Crippen LogP contribution in [-0.2, 0) is 14.3 Å². The molecule has 0 unspecified atom stereocenters. The number of allylic oxidation sites excluding steroid dienone is 1. The molecule has 0 saturated heterocycles. The van der Waals surface area contributed by atoms with E-state index in [1.165, 1.54) is 0 Å². The lowest BCUT2D eigenvalue weighted by atomic mass is 9.90. The Kier molecular flexibility index (Phi) is 5.56. The van der Waals surface area contributed by atoms with Crippen molar-refractivity contribution in [2.75, 3.05) is 6.61 Å². The molecule has 0 bridgehead atoms. The van der Waals surface area contributed by atoms with Crippen molar-refractivity contribution in [2.45, 2.75) is 18.9 Å². The van der Waals surface area contributed by atoms with Crippen LogP contribution in [0.2, 0.25) is 0 Å². The maximum absolute atomic E-state index is 12.1. The largest absolute Gasteiger partial charge is 0.477 e. The van der Waals surface area contributed by atoms with Crippen LogP contribution in [0.1, 0.15) is 24.0 Å². The van der Waals surface area contributed by atoms with Crippen molar-refractivity contribution in [2.24, 2.45) is 0 Å². The molecule has 0 aliphatic carbocycles. The molecule has 0 fully saturated rings. The minimum Gasteiger partial charge on any atom is -0.477 e. The third-order valence-electron chi connectivity index (χ3n) is 4.08. The minimum absolute atomic E-state index is 0.131. The zero-order chi connectivity index (χ0) is 18.4. The third kappa shape index (κ3) is 4.04. The molecule has 2 aromatic rings. The maximum atomic E-state index is 12.1. The predicted octanol–water partition coefficient (Wildman–Crippen LogP) is 4.22. The van der Waals surface area contributed by atoms with Crippen LogP contribution >= 0.6 is 0 Å². The molecule has 130 valence electrons. The van der Waals surface area contributed by atoms with Gasteiger partial charge in [0, 0.05) is 11.5 Å². The summed E-state index contributed by atoms with van der Waals surface area (Å²) >= 11 is 0. The van der Waals surface area contributed by atoms with E-state index in [9.17, 15) is 4.79 Å². The number of rotatable bonds is 4. The van der Waals surface area contributed by atoms with Crippen LogP contribution in [0.15, 0.2) is 84.7 Å². The SMILES string of the molecule is C=C(C(=O)OCC)[C@H]1OC(C#Cc2ccccc2)=C[C@@H]1c1ccccc1. The van der Waals surface area contributed by atoms with Crippen molar-refractivity contribution in [1.29, 1.82) is 0 Å². The average Bonchev–Trinajstić information content (AvgIpc) is 3.12. The molecule has 1 aliphatic rings. The van der Waals surface area contributed by atoms with E-state index < -0.39 is 12.1 Å². The van der Waals surface area contributed by atoms with E-state index in [0.29, 0.717) is 17.9 Å². The standard InChI is InChI=1S/C23H20O3/c1-3-25-23(24)17(2)22-21(19-12-8-5-9-13-19)16-20(26-22)15-14-18-10-6-4-7-11-18/h4-13,16,21-22H,2-3H2,1H3/t21-,22-/m1/s1. The van der Waals surface area contributed by atoms with Crippen molar-refractivity contribution in [3.63, 3.8) is 0 Å². The van der Waals surface area contributed by atoms with Crippen molar-refractivity contribution < 1.29 is 14.3 Å². The molecule has 1 heterocycles. The molecule has 3 heteroatoms. The third-order valence-corrected chi connectivity index (χ3v) is 4.08. The first-order valence-electron chi connectivity index (χ1n) is 8.55. The van der Waals surface area contributed by atoms with Crippen molar-refractivity contribution in [1.82, 2.24) is 0 Å². The van der Waals surface area contributed by atoms with E-state index in [1.807, 2.05) is 66.7 Å². The summed E-state index contributed by atoms with van der Waals surface area (Å²) in [5.41, 5.74) is 2.24. The van der Waals surface area contributed by atoms with Gasteiger partial charge < -0.3 is 9.47 Å². The summed E-state index contributed by atoms with van der Waals surface area (Å²) in [5, 5.41) is 0. The van der Waals surface area contributed by atoms with E-state index in [2.05, 4.69) is 18.4 Å². The van der Waals surface area contributed by atoms with Crippen molar-refractivity contribution in [3.05, 3.63) is 95.8 Å². The van der Waals surface area contributed by atoms with Gasteiger partial charge in [0.2, 0.25) is 0 Å². The van der Waals surface area contributed by atoms with Crippen LogP contribution in [-0.4, -0.2) is 18.7 Å². The summed E-state index contributed by atoms with van der Waals surface area (Å²) in [7, 11) is 0. The second kappa shape index (κ2) is 8.22. The normalized spacial score (nSPS) is 18.1. The van der Waals surface area contributed by atoms with Crippen LogP contribution in [0.4, 0.5) is 0 Å². The molecule has 0 radical (unpaired) electrons. The van der Waals surface area contributed by atoms with Gasteiger partial charge in [-0.15, -0.1) is 0 Å². The molecule has 0 aromatic heterocycles. The molecular formula is C23H20O3. The fourth-order valence-corrected chi connectivity index (χ4v) is 2.80. The van der Waals surface area contributed by atoms with Crippen molar-refractivity contribution >= 4 is 5.97 Å². The van der Waals surface area contributed by atoms with E-state index in [0.717, 1.165) is 11.1 Å². The smallest absolute Gasteiger partial charge is 0.337 e. The molecule has 3 rings (SSSR count). The lowest BCUT2D eigenvalue weighted by molar-refractivity contribution is -0.139. The van der Waals surface area contributed by atoms with E-state index in [-0.39, 0.29) is 5.92 Å². The molecule has 0 amide bonds. The summed E-state index contributed by atoms with van der Waals surface area (Å²) in [5.74, 6) is 6.10. The Balaban J connectivity index is 1.88. The van der Waals surface area contributed by atoms with Gasteiger partial charge in [0.15, 0.2) is 5.76 Å². The molecule has 1 aliphatic heterocycles. The zero-order valence-corrected chi connectivity index (χ0v) is 14.6. The van der Waals surface area contributed by atoms with Crippen LogP contribution in [0.5, 0.6) is 0 Å². The predicted molar refractivity (Wildman–Crippen MR) is 101 cm³/mol. The highest BCUT2D eigenvalue weighted by Crippen LogP contribution is 2.36. The van der Waals surface area contributed by atoms with Gasteiger partial charge in [0.25, 0.3) is 0 Å². The molecule has 0 N–H and O–H groups in total. The summed E-state index contributed by atoms with van der Waals surface area (Å²) in [6.45, 7) is 5.97. The van der Waals surface area contributed by atoms with E-state index in [1.54, 1.807) is 6.92 Å². The summed E-state index contributed by atoms with van der Waals surface area (Å²) in [6, 6.07) is 19.6. The first-order valence-corrected chi connectivity index (χ1v) is 8.55. The summed E-state index contributed by atoms with van der Waals surface area (Å²) in [6.07, 6.45) is 1.43. The number of carbonyl (C=O) groups excluding carboxylic acids is 1. The lowest BCUT2D eigenvalue weighted by Gasteiger charge is -2.20. The Labute approximate surface area is 154 Å². The number of benzene rings is 2. The van der Waals surface area contributed by atoms with Gasteiger partial charge in [-0.05, 0) is 36.6 Å². The van der Waals surface area contributed by atoms with Gasteiger partial charge in [-0.3, -0.25) is 0 Å². The van der Waals surface area contributed by atoms with E-state index in [4.69, 9.17) is 9.47 Å². The number of esters is 1. The number of carbonyl (C=O) groups is 1. The molecule has 26 heavy (non-hydrogen) atoms. The maximum Gasteiger partial charge on any atom is 0.337 e. The van der Waals surface area contributed by atoms with Gasteiger partial charge in [0.1, 0.15) is 6.10 Å². The molecule has 0 saturated carbocycles. The van der Waals surface area contributed by atoms with Crippen LogP contribution < -0.4 is 0 Å². The first-order chi connectivity index (χ1) is 12.7. The monoisotopic (exact) mass is 344 g/mol. The van der Waals surface area contributed by atoms with Gasteiger partial charge in [-0.25, -0.2) is 4.79 Å². The highest BCUT2D eigenvalue weighted by Gasteiger charge is 2.35. The Morgan fingerprint density at radius 3 is 2.38 bits per heavy atom.